The molecule has 1 aliphatic rings. The zero-order chi connectivity index (χ0) is 18.6. The topological polar surface area (TPSA) is 66.1 Å². The van der Waals surface area contributed by atoms with Crippen LogP contribution in [-0.2, 0) is 4.79 Å². The molecule has 7 heteroatoms. The fourth-order valence-corrected chi connectivity index (χ4v) is 4.92. The van der Waals surface area contributed by atoms with Gasteiger partial charge in [-0.05, 0) is 17.7 Å². The van der Waals surface area contributed by atoms with Gasteiger partial charge in [-0.15, -0.1) is 11.8 Å². The van der Waals surface area contributed by atoms with Crippen molar-refractivity contribution in [2.24, 2.45) is 0 Å². The van der Waals surface area contributed by atoms with E-state index in [2.05, 4.69) is 22.1 Å². The SMILES string of the molecule is O=C(CSc1nccc(=O)[nH]1)N1c2ccccc2SC[C@@H]1c1ccccc1. The summed E-state index contributed by atoms with van der Waals surface area (Å²) in [5.41, 5.74) is 1.83. The Morgan fingerprint density at radius 1 is 1.15 bits per heavy atom. The van der Waals surface area contributed by atoms with Crippen molar-refractivity contribution in [2.45, 2.75) is 16.1 Å². The molecule has 0 bridgehead atoms. The van der Waals surface area contributed by atoms with E-state index in [9.17, 15) is 9.59 Å². The molecular weight excluding hydrogens is 378 g/mol. The molecule has 1 amide bonds. The maximum Gasteiger partial charge on any atom is 0.251 e. The Kier molecular flexibility index (Phi) is 5.31. The highest BCUT2D eigenvalue weighted by atomic mass is 32.2. The number of fused-ring (bicyclic) bond motifs is 1. The summed E-state index contributed by atoms with van der Waals surface area (Å²) in [6.07, 6.45) is 1.45. The predicted molar refractivity (Wildman–Crippen MR) is 109 cm³/mol. The molecule has 0 saturated carbocycles. The Labute approximate surface area is 165 Å². The smallest absolute Gasteiger partial charge is 0.251 e. The first-order chi connectivity index (χ1) is 13.2. The van der Waals surface area contributed by atoms with Gasteiger partial charge in [0.2, 0.25) is 5.91 Å². The Morgan fingerprint density at radius 3 is 2.74 bits per heavy atom. The lowest BCUT2D eigenvalue weighted by molar-refractivity contribution is -0.116. The highest BCUT2D eigenvalue weighted by Crippen LogP contribution is 2.43. The van der Waals surface area contributed by atoms with Gasteiger partial charge in [0.1, 0.15) is 0 Å². The molecule has 2 aromatic carbocycles. The molecule has 5 nitrogen and oxygen atoms in total. The number of carbonyl (C=O) groups excluding carboxylic acids is 1. The zero-order valence-corrected chi connectivity index (χ0v) is 16.0. The van der Waals surface area contributed by atoms with Crippen LogP contribution in [0.25, 0.3) is 0 Å². The molecule has 1 atom stereocenters. The van der Waals surface area contributed by atoms with Gasteiger partial charge in [0.15, 0.2) is 5.16 Å². The van der Waals surface area contributed by atoms with Crippen molar-refractivity contribution in [1.82, 2.24) is 9.97 Å². The number of amides is 1. The number of aromatic amines is 1. The second-order valence-electron chi connectivity index (χ2n) is 6.00. The minimum atomic E-state index is -0.221. The summed E-state index contributed by atoms with van der Waals surface area (Å²) in [7, 11) is 0. The maximum atomic E-state index is 13.2. The van der Waals surface area contributed by atoms with Gasteiger partial charge in [-0.1, -0.05) is 54.2 Å². The minimum Gasteiger partial charge on any atom is -0.302 e. The molecule has 1 N–H and O–H groups in total. The van der Waals surface area contributed by atoms with Crippen LogP contribution in [0.2, 0.25) is 0 Å². The molecule has 0 aliphatic carbocycles. The van der Waals surface area contributed by atoms with E-state index in [4.69, 9.17) is 0 Å². The van der Waals surface area contributed by atoms with E-state index >= 15 is 0 Å². The number of anilines is 1. The molecule has 4 rings (SSSR count). The number of H-pyrrole nitrogens is 1. The van der Waals surface area contributed by atoms with E-state index in [1.165, 1.54) is 24.0 Å². The van der Waals surface area contributed by atoms with Crippen LogP contribution in [0.5, 0.6) is 0 Å². The number of benzene rings is 2. The highest BCUT2D eigenvalue weighted by Gasteiger charge is 2.32. The van der Waals surface area contributed by atoms with Gasteiger partial charge in [0.05, 0.1) is 17.5 Å². The van der Waals surface area contributed by atoms with Gasteiger partial charge in [0.25, 0.3) is 5.56 Å². The number of aromatic nitrogens is 2. The van der Waals surface area contributed by atoms with Gasteiger partial charge >= 0.3 is 0 Å². The first kappa shape index (κ1) is 17.9. The molecule has 136 valence electrons. The number of nitrogens with zero attached hydrogens (tertiary/aromatic N) is 2. The Hall–Kier alpha value is -2.51. The third kappa shape index (κ3) is 3.94. The van der Waals surface area contributed by atoms with Gasteiger partial charge in [0, 0.05) is 22.9 Å². The van der Waals surface area contributed by atoms with Crippen LogP contribution in [0.1, 0.15) is 11.6 Å². The average Bonchev–Trinajstić information content (AvgIpc) is 2.72. The molecule has 0 unspecified atom stereocenters. The van der Waals surface area contributed by atoms with Gasteiger partial charge in [-0.25, -0.2) is 4.98 Å². The number of thioether (sulfide) groups is 2. The standard InChI is InChI=1S/C20H17N3O2S2/c24-18-10-11-21-20(22-18)27-13-19(25)23-15-8-4-5-9-17(15)26-12-16(23)14-6-2-1-3-7-14/h1-11,16H,12-13H2,(H,21,22,24)/t16-/m1/s1. The molecule has 2 heterocycles. The monoisotopic (exact) mass is 395 g/mol. The molecule has 3 aromatic rings. The molecule has 0 fully saturated rings. The van der Waals surface area contributed by atoms with E-state index in [1.54, 1.807) is 11.8 Å². The first-order valence-electron chi connectivity index (χ1n) is 8.49. The van der Waals surface area contributed by atoms with E-state index < -0.39 is 0 Å². The van der Waals surface area contributed by atoms with Crippen molar-refractivity contribution >= 4 is 35.1 Å². The Bertz CT molecular complexity index is 1010. The molecule has 1 aromatic heterocycles. The van der Waals surface area contributed by atoms with Crippen LogP contribution in [0.4, 0.5) is 5.69 Å². The fourth-order valence-electron chi connectivity index (χ4n) is 3.04. The fraction of sp³-hybridized carbons (Fsp3) is 0.150. The molecular formula is C20H17N3O2S2. The third-order valence-electron chi connectivity index (χ3n) is 4.27. The van der Waals surface area contributed by atoms with Gasteiger partial charge in [-0.3, -0.25) is 9.59 Å². The van der Waals surface area contributed by atoms with Crippen molar-refractivity contribution < 1.29 is 4.79 Å². The van der Waals surface area contributed by atoms with Crippen LogP contribution in [-0.4, -0.2) is 27.4 Å². The van der Waals surface area contributed by atoms with Gasteiger partial charge < -0.3 is 9.88 Å². The van der Waals surface area contributed by atoms with E-state index in [0.717, 1.165) is 21.9 Å². The molecule has 1 aliphatic heterocycles. The quantitative estimate of drug-likeness (QED) is 0.538. The number of hydrogen-bond acceptors (Lipinski definition) is 5. The second kappa shape index (κ2) is 8.02. The molecule has 27 heavy (non-hydrogen) atoms. The number of hydrogen-bond donors (Lipinski definition) is 1. The van der Waals surface area contributed by atoms with E-state index in [0.29, 0.717) is 5.16 Å². The normalized spacial score (nSPS) is 16.0. The number of rotatable bonds is 4. The van der Waals surface area contributed by atoms with Crippen LogP contribution in [0.15, 0.2) is 81.7 Å². The maximum absolute atomic E-state index is 13.2. The highest BCUT2D eigenvalue weighted by molar-refractivity contribution is 8.00. The Morgan fingerprint density at radius 2 is 1.93 bits per heavy atom. The van der Waals surface area contributed by atoms with Crippen LogP contribution < -0.4 is 10.5 Å². The lowest BCUT2D eigenvalue weighted by Gasteiger charge is -2.37. The number of carbonyl (C=O) groups is 1. The number of nitrogens with one attached hydrogen (secondary N) is 1. The lowest BCUT2D eigenvalue weighted by atomic mass is 10.1. The van der Waals surface area contributed by atoms with Crippen LogP contribution in [0, 0.1) is 0 Å². The lowest BCUT2D eigenvalue weighted by Crippen LogP contribution is -2.39. The minimum absolute atomic E-state index is 0.00638. The number of para-hydroxylation sites is 1. The molecule has 0 saturated heterocycles. The zero-order valence-electron chi connectivity index (χ0n) is 14.4. The van der Waals surface area contributed by atoms with Crippen molar-refractivity contribution in [3.8, 4) is 0 Å². The van der Waals surface area contributed by atoms with Crippen LogP contribution in [0.3, 0.4) is 0 Å². The molecule has 0 spiro atoms. The summed E-state index contributed by atoms with van der Waals surface area (Å²) < 4.78 is 0. The van der Waals surface area contributed by atoms with E-state index in [-0.39, 0.29) is 23.3 Å². The molecule has 0 radical (unpaired) electrons. The van der Waals surface area contributed by atoms with Crippen molar-refractivity contribution in [3.05, 3.63) is 82.8 Å². The first-order valence-corrected chi connectivity index (χ1v) is 10.5. The van der Waals surface area contributed by atoms with E-state index in [1.807, 2.05) is 47.4 Å². The van der Waals surface area contributed by atoms with Crippen molar-refractivity contribution in [3.63, 3.8) is 0 Å². The summed E-state index contributed by atoms with van der Waals surface area (Å²) in [6, 6.07) is 19.4. The summed E-state index contributed by atoms with van der Waals surface area (Å²) in [4.78, 5) is 34.4. The summed E-state index contributed by atoms with van der Waals surface area (Å²) >= 11 is 3.01. The summed E-state index contributed by atoms with van der Waals surface area (Å²) in [6.45, 7) is 0. The summed E-state index contributed by atoms with van der Waals surface area (Å²) in [5.74, 6) is 1.00. The van der Waals surface area contributed by atoms with Gasteiger partial charge in [-0.2, -0.15) is 0 Å². The third-order valence-corrected chi connectivity index (χ3v) is 6.28. The van der Waals surface area contributed by atoms with Crippen molar-refractivity contribution in [2.75, 3.05) is 16.4 Å². The summed E-state index contributed by atoms with van der Waals surface area (Å²) in [5, 5.41) is 0.451. The average molecular weight is 396 g/mol. The van der Waals surface area contributed by atoms with Crippen LogP contribution >= 0.6 is 23.5 Å². The largest absolute Gasteiger partial charge is 0.302 e. The second-order valence-corrected chi connectivity index (χ2v) is 8.02. The predicted octanol–water partition coefficient (Wildman–Crippen LogP) is 3.74. The van der Waals surface area contributed by atoms with Crippen molar-refractivity contribution in [1.29, 1.82) is 0 Å². The Balaban J connectivity index is 1.63.